The van der Waals surface area contributed by atoms with Crippen molar-refractivity contribution in [3.8, 4) is 11.5 Å². The SMILES string of the molecule is COC(=O)C(C)(C)Oc1ccc(OCC2=CCCCC=C2)cc1. The van der Waals surface area contributed by atoms with Crippen molar-refractivity contribution in [3.63, 3.8) is 0 Å². The number of hydrogen-bond donors (Lipinski definition) is 0. The highest BCUT2D eigenvalue weighted by Gasteiger charge is 2.30. The van der Waals surface area contributed by atoms with E-state index >= 15 is 0 Å². The van der Waals surface area contributed by atoms with Gasteiger partial charge in [-0.2, -0.15) is 0 Å². The van der Waals surface area contributed by atoms with Gasteiger partial charge in [0, 0.05) is 0 Å². The lowest BCUT2D eigenvalue weighted by molar-refractivity contribution is -0.156. The second-order valence-electron chi connectivity index (χ2n) is 5.98. The van der Waals surface area contributed by atoms with Gasteiger partial charge in [-0.15, -0.1) is 0 Å². The van der Waals surface area contributed by atoms with Crippen LogP contribution >= 0.6 is 0 Å². The number of benzene rings is 1. The maximum atomic E-state index is 11.6. The molecule has 0 atom stereocenters. The summed E-state index contributed by atoms with van der Waals surface area (Å²) in [6, 6.07) is 7.25. The van der Waals surface area contributed by atoms with Crippen molar-refractivity contribution in [2.75, 3.05) is 13.7 Å². The Morgan fingerprint density at radius 2 is 1.83 bits per heavy atom. The highest BCUT2D eigenvalue weighted by atomic mass is 16.6. The van der Waals surface area contributed by atoms with Gasteiger partial charge in [0.2, 0.25) is 0 Å². The molecular weight excluding hydrogens is 292 g/mol. The van der Waals surface area contributed by atoms with Crippen molar-refractivity contribution in [3.05, 3.63) is 48.1 Å². The van der Waals surface area contributed by atoms with Crippen LogP contribution in [0.5, 0.6) is 11.5 Å². The summed E-state index contributed by atoms with van der Waals surface area (Å²) >= 11 is 0. The monoisotopic (exact) mass is 316 g/mol. The molecule has 1 aliphatic carbocycles. The van der Waals surface area contributed by atoms with Crippen molar-refractivity contribution in [1.29, 1.82) is 0 Å². The van der Waals surface area contributed by atoms with Crippen LogP contribution in [0.2, 0.25) is 0 Å². The molecule has 0 aromatic heterocycles. The average Bonchev–Trinajstić information content (AvgIpc) is 2.82. The van der Waals surface area contributed by atoms with Crippen molar-refractivity contribution in [2.45, 2.75) is 38.7 Å². The first kappa shape index (κ1) is 17.1. The Morgan fingerprint density at radius 1 is 1.13 bits per heavy atom. The third-order valence-corrected chi connectivity index (χ3v) is 3.59. The highest BCUT2D eigenvalue weighted by Crippen LogP contribution is 2.23. The fraction of sp³-hybridized carbons (Fsp3) is 0.421. The van der Waals surface area contributed by atoms with Crippen LogP contribution in [0.4, 0.5) is 0 Å². The van der Waals surface area contributed by atoms with E-state index in [4.69, 9.17) is 14.2 Å². The first-order valence-corrected chi connectivity index (χ1v) is 7.87. The Kier molecular flexibility index (Phi) is 5.85. The van der Waals surface area contributed by atoms with Crippen LogP contribution in [-0.4, -0.2) is 25.3 Å². The first-order chi connectivity index (χ1) is 11.0. The molecule has 0 bridgehead atoms. The molecule has 1 aliphatic rings. The van der Waals surface area contributed by atoms with Gasteiger partial charge in [-0.1, -0.05) is 18.2 Å². The largest absolute Gasteiger partial charge is 0.489 e. The number of allylic oxidation sites excluding steroid dienone is 2. The molecule has 0 radical (unpaired) electrons. The summed E-state index contributed by atoms with van der Waals surface area (Å²) in [4.78, 5) is 11.6. The Bertz CT molecular complexity index is 582. The number of methoxy groups -OCH3 is 1. The summed E-state index contributed by atoms with van der Waals surface area (Å²) in [5.41, 5.74) is 0.183. The molecule has 0 fully saturated rings. The smallest absolute Gasteiger partial charge is 0.349 e. The normalized spacial score (nSPS) is 14.7. The van der Waals surface area contributed by atoms with Gasteiger partial charge in [0.05, 0.1) is 7.11 Å². The number of carbonyl (C=O) groups is 1. The zero-order valence-electron chi connectivity index (χ0n) is 14.0. The number of ether oxygens (including phenoxy) is 3. The molecule has 1 aromatic carbocycles. The molecule has 4 nitrogen and oxygen atoms in total. The molecule has 0 saturated heterocycles. The molecule has 0 unspecified atom stereocenters. The van der Waals surface area contributed by atoms with Crippen molar-refractivity contribution in [2.24, 2.45) is 0 Å². The third-order valence-electron chi connectivity index (χ3n) is 3.59. The van der Waals surface area contributed by atoms with E-state index in [9.17, 15) is 4.79 Å². The standard InChI is InChI=1S/C19H24O4/c1-19(2,18(20)21-3)23-17-12-10-16(11-13-17)22-14-15-8-6-4-5-7-9-15/h6,8-13H,4-5,7,14H2,1-3H3. The van der Waals surface area contributed by atoms with Crippen molar-refractivity contribution >= 4 is 5.97 Å². The summed E-state index contributed by atoms with van der Waals surface area (Å²) in [6.07, 6.45) is 9.96. The predicted octanol–water partition coefficient (Wildman–Crippen LogP) is 4.06. The van der Waals surface area contributed by atoms with Gasteiger partial charge >= 0.3 is 5.97 Å². The van der Waals surface area contributed by atoms with Gasteiger partial charge in [-0.3, -0.25) is 0 Å². The molecule has 0 amide bonds. The number of esters is 1. The maximum Gasteiger partial charge on any atom is 0.349 e. The van der Waals surface area contributed by atoms with Gasteiger partial charge in [-0.05, 0) is 62.9 Å². The molecule has 0 heterocycles. The van der Waals surface area contributed by atoms with E-state index in [1.54, 1.807) is 26.0 Å². The van der Waals surface area contributed by atoms with Gasteiger partial charge in [-0.25, -0.2) is 4.79 Å². The van der Waals surface area contributed by atoms with Gasteiger partial charge in [0.1, 0.15) is 18.1 Å². The number of carbonyl (C=O) groups excluding carboxylic acids is 1. The van der Waals surface area contributed by atoms with Gasteiger partial charge in [0.15, 0.2) is 5.60 Å². The maximum absolute atomic E-state index is 11.6. The van der Waals surface area contributed by atoms with Gasteiger partial charge in [0.25, 0.3) is 0 Å². The van der Waals surface area contributed by atoms with Gasteiger partial charge < -0.3 is 14.2 Å². The molecular formula is C19H24O4. The topological polar surface area (TPSA) is 44.8 Å². The fourth-order valence-electron chi connectivity index (χ4n) is 2.29. The van der Waals surface area contributed by atoms with Crippen LogP contribution < -0.4 is 9.47 Å². The summed E-state index contributed by atoms with van der Waals surface area (Å²) in [6.45, 7) is 3.91. The Hall–Kier alpha value is -2.23. The zero-order valence-corrected chi connectivity index (χ0v) is 14.0. The summed E-state index contributed by atoms with van der Waals surface area (Å²) < 4.78 is 16.2. The molecule has 0 saturated carbocycles. The summed E-state index contributed by atoms with van der Waals surface area (Å²) in [5.74, 6) is 0.956. The Balaban J connectivity index is 1.92. The summed E-state index contributed by atoms with van der Waals surface area (Å²) in [5, 5.41) is 0. The lowest BCUT2D eigenvalue weighted by Crippen LogP contribution is -2.39. The van der Waals surface area contributed by atoms with Crippen molar-refractivity contribution in [1.82, 2.24) is 0 Å². The molecule has 0 aliphatic heterocycles. The third kappa shape index (κ3) is 5.16. The second-order valence-corrected chi connectivity index (χ2v) is 5.98. The molecule has 0 N–H and O–H groups in total. The average molecular weight is 316 g/mol. The molecule has 124 valence electrons. The van der Waals surface area contributed by atoms with Crippen LogP contribution in [0.15, 0.2) is 48.1 Å². The Morgan fingerprint density at radius 3 is 2.52 bits per heavy atom. The highest BCUT2D eigenvalue weighted by molar-refractivity contribution is 5.78. The first-order valence-electron chi connectivity index (χ1n) is 7.87. The number of hydrogen-bond acceptors (Lipinski definition) is 4. The minimum absolute atomic E-state index is 0.412. The van der Waals surface area contributed by atoms with E-state index in [2.05, 4.69) is 18.2 Å². The lowest BCUT2D eigenvalue weighted by atomic mass is 10.1. The lowest BCUT2D eigenvalue weighted by Gasteiger charge is -2.23. The molecule has 4 heteroatoms. The fourth-order valence-corrected chi connectivity index (χ4v) is 2.29. The molecule has 2 rings (SSSR count). The Labute approximate surface area is 137 Å². The van der Waals surface area contributed by atoms with Crippen LogP contribution in [-0.2, 0) is 9.53 Å². The van der Waals surface area contributed by atoms with Crippen LogP contribution in [0.3, 0.4) is 0 Å². The van der Waals surface area contributed by atoms with Crippen LogP contribution in [0.25, 0.3) is 0 Å². The quantitative estimate of drug-likeness (QED) is 0.742. The molecule has 0 spiro atoms. The minimum Gasteiger partial charge on any atom is -0.489 e. The minimum atomic E-state index is -1.02. The number of rotatable bonds is 6. The second kappa shape index (κ2) is 7.86. The van der Waals surface area contributed by atoms with E-state index in [1.807, 2.05) is 12.1 Å². The van der Waals surface area contributed by atoms with E-state index in [1.165, 1.54) is 19.1 Å². The van der Waals surface area contributed by atoms with E-state index in [0.29, 0.717) is 12.4 Å². The van der Waals surface area contributed by atoms with Crippen molar-refractivity contribution < 1.29 is 19.0 Å². The molecule has 1 aromatic rings. The van der Waals surface area contributed by atoms with E-state index < -0.39 is 11.6 Å². The van der Waals surface area contributed by atoms with E-state index in [-0.39, 0.29) is 0 Å². The van der Waals surface area contributed by atoms with E-state index in [0.717, 1.165) is 18.6 Å². The summed E-state index contributed by atoms with van der Waals surface area (Å²) in [7, 11) is 1.35. The van der Waals surface area contributed by atoms with Crippen LogP contribution in [0, 0.1) is 0 Å². The zero-order chi connectivity index (χ0) is 16.7. The predicted molar refractivity (Wildman–Crippen MR) is 89.7 cm³/mol. The van der Waals surface area contributed by atoms with Crippen LogP contribution in [0.1, 0.15) is 33.1 Å². The molecule has 23 heavy (non-hydrogen) atoms.